The lowest BCUT2D eigenvalue weighted by molar-refractivity contribution is 0.351. The molecule has 2 heteroatoms. The molecule has 1 atom stereocenters. The van der Waals surface area contributed by atoms with Crippen LogP contribution in [0.15, 0.2) is 18.2 Å². The van der Waals surface area contributed by atoms with Crippen molar-refractivity contribution in [2.75, 3.05) is 13.2 Å². The Morgan fingerprint density at radius 1 is 1.21 bits per heavy atom. The van der Waals surface area contributed by atoms with Crippen molar-refractivity contribution in [3.63, 3.8) is 0 Å². The molecule has 1 aliphatic rings. The minimum Gasteiger partial charge on any atom is -0.493 e. The summed E-state index contributed by atoms with van der Waals surface area (Å²) >= 11 is 0. The lowest BCUT2D eigenvalue weighted by Crippen LogP contribution is -2.30. The van der Waals surface area contributed by atoms with Gasteiger partial charge in [0.15, 0.2) is 0 Å². The Hall–Kier alpha value is -1.02. The number of aryl methyl sites for hydroxylation is 1. The number of nitrogens with one attached hydrogen (secondary N) is 1. The van der Waals surface area contributed by atoms with Crippen molar-refractivity contribution in [2.24, 2.45) is 0 Å². The van der Waals surface area contributed by atoms with Crippen molar-refractivity contribution in [3.05, 3.63) is 29.3 Å². The number of hydrogen-bond acceptors (Lipinski definition) is 2. The van der Waals surface area contributed by atoms with Crippen LogP contribution in [0.3, 0.4) is 0 Å². The lowest BCUT2D eigenvalue weighted by Gasteiger charge is -2.18. The highest BCUT2D eigenvalue weighted by Crippen LogP contribution is 2.30. The second-order valence-electron chi connectivity index (χ2n) is 5.48. The zero-order valence-electron chi connectivity index (χ0n) is 12.4. The molecule has 0 bridgehead atoms. The van der Waals surface area contributed by atoms with E-state index in [1.165, 1.54) is 42.6 Å². The summed E-state index contributed by atoms with van der Waals surface area (Å²) in [4.78, 5) is 0. The van der Waals surface area contributed by atoms with Crippen LogP contribution < -0.4 is 10.1 Å². The van der Waals surface area contributed by atoms with E-state index >= 15 is 0 Å². The largest absolute Gasteiger partial charge is 0.493 e. The second-order valence-corrected chi connectivity index (χ2v) is 5.48. The zero-order chi connectivity index (χ0) is 13.5. The average molecular weight is 261 g/mol. The summed E-state index contributed by atoms with van der Waals surface area (Å²) in [5.74, 6) is 1.17. The van der Waals surface area contributed by atoms with E-state index in [1.54, 1.807) is 0 Å². The highest BCUT2D eigenvalue weighted by atomic mass is 16.5. The average Bonchev–Trinajstić information content (AvgIpc) is 2.90. The van der Waals surface area contributed by atoms with Crippen LogP contribution in [-0.2, 0) is 12.8 Å². The Morgan fingerprint density at radius 2 is 2.11 bits per heavy atom. The first-order valence-electron chi connectivity index (χ1n) is 7.82. The van der Waals surface area contributed by atoms with Crippen molar-refractivity contribution in [1.29, 1.82) is 0 Å². The van der Waals surface area contributed by atoms with E-state index in [2.05, 4.69) is 37.4 Å². The third-order valence-electron chi connectivity index (χ3n) is 3.88. The maximum absolute atomic E-state index is 5.78. The van der Waals surface area contributed by atoms with Crippen LogP contribution in [0, 0.1) is 0 Å². The van der Waals surface area contributed by atoms with Gasteiger partial charge in [-0.3, -0.25) is 0 Å². The Morgan fingerprint density at radius 3 is 2.89 bits per heavy atom. The van der Waals surface area contributed by atoms with Crippen LogP contribution in [0.25, 0.3) is 0 Å². The van der Waals surface area contributed by atoms with Crippen LogP contribution in [0.4, 0.5) is 0 Å². The molecule has 0 amide bonds. The molecule has 2 nitrogen and oxygen atoms in total. The molecule has 0 saturated carbocycles. The summed E-state index contributed by atoms with van der Waals surface area (Å²) in [5.41, 5.74) is 2.79. The first-order valence-corrected chi connectivity index (χ1v) is 7.82. The number of rotatable bonds is 8. The number of hydrogen-bond donors (Lipinski definition) is 1. The molecule has 0 radical (unpaired) electrons. The minimum absolute atomic E-state index is 0.655. The van der Waals surface area contributed by atoms with E-state index in [1.807, 2.05) is 0 Å². The van der Waals surface area contributed by atoms with E-state index in [4.69, 9.17) is 4.74 Å². The molecular weight excluding hydrogens is 234 g/mol. The van der Waals surface area contributed by atoms with Gasteiger partial charge in [0.05, 0.1) is 6.61 Å². The van der Waals surface area contributed by atoms with Crippen molar-refractivity contribution in [3.8, 4) is 5.75 Å². The van der Waals surface area contributed by atoms with Crippen molar-refractivity contribution < 1.29 is 4.74 Å². The Labute approximate surface area is 117 Å². The fraction of sp³-hybridized carbons (Fsp3) is 0.647. The molecule has 19 heavy (non-hydrogen) atoms. The maximum atomic E-state index is 5.78. The van der Waals surface area contributed by atoms with Gasteiger partial charge in [0.1, 0.15) is 5.75 Å². The number of ether oxygens (including phenoxy) is 1. The molecule has 1 aromatic carbocycles. The molecule has 1 aromatic rings. The van der Waals surface area contributed by atoms with Gasteiger partial charge in [-0.2, -0.15) is 0 Å². The van der Waals surface area contributed by atoms with Gasteiger partial charge in [0.2, 0.25) is 0 Å². The van der Waals surface area contributed by atoms with Gasteiger partial charge < -0.3 is 10.1 Å². The first-order chi connectivity index (χ1) is 9.35. The topological polar surface area (TPSA) is 21.3 Å². The van der Waals surface area contributed by atoms with Gasteiger partial charge >= 0.3 is 0 Å². The van der Waals surface area contributed by atoms with Gasteiger partial charge in [-0.1, -0.05) is 38.5 Å². The molecule has 1 unspecified atom stereocenters. The third-order valence-corrected chi connectivity index (χ3v) is 3.88. The van der Waals surface area contributed by atoms with Crippen molar-refractivity contribution in [2.45, 2.75) is 58.4 Å². The minimum atomic E-state index is 0.655. The molecular formula is C17H27NO. The summed E-state index contributed by atoms with van der Waals surface area (Å²) in [6.45, 7) is 6.49. The highest BCUT2D eigenvalue weighted by Gasteiger charge is 2.16. The molecule has 0 aliphatic carbocycles. The fourth-order valence-corrected chi connectivity index (χ4v) is 2.86. The van der Waals surface area contributed by atoms with Gasteiger partial charge in [0.25, 0.3) is 0 Å². The number of para-hydroxylation sites is 1. The molecule has 1 heterocycles. The normalized spacial score (nSPS) is 15.1. The molecule has 0 spiro atoms. The van der Waals surface area contributed by atoms with E-state index < -0.39 is 0 Å². The van der Waals surface area contributed by atoms with Crippen LogP contribution in [0.1, 0.15) is 50.7 Å². The smallest absolute Gasteiger partial charge is 0.125 e. The lowest BCUT2D eigenvalue weighted by atomic mass is 9.99. The fourth-order valence-electron chi connectivity index (χ4n) is 2.86. The summed E-state index contributed by atoms with van der Waals surface area (Å²) in [5, 5.41) is 3.67. The third kappa shape index (κ3) is 3.97. The molecule has 0 aromatic heterocycles. The molecule has 2 rings (SSSR count). The van der Waals surface area contributed by atoms with Gasteiger partial charge in [0, 0.05) is 12.5 Å². The molecule has 1 N–H and O–H groups in total. The van der Waals surface area contributed by atoms with Crippen molar-refractivity contribution in [1.82, 2.24) is 5.32 Å². The molecule has 0 saturated heterocycles. The summed E-state index contributed by atoms with van der Waals surface area (Å²) in [6, 6.07) is 7.26. The number of benzene rings is 1. The van der Waals surface area contributed by atoms with Crippen LogP contribution in [0.5, 0.6) is 5.75 Å². The van der Waals surface area contributed by atoms with Crippen molar-refractivity contribution >= 4 is 0 Å². The molecule has 106 valence electrons. The monoisotopic (exact) mass is 261 g/mol. The highest BCUT2D eigenvalue weighted by molar-refractivity contribution is 5.44. The van der Waals surface area contributed by atoms with E-state index in [-0.39, 0.29) is 0 Å². The first kappa shape index (κ1) is 14.4. The Balaban J connectivity index is 1.91. The van der Waals surface area contributed by atoms with Gasteiger partial charge in [-0.05, 0) is 43.4 Å². The molecule has 0 fully saturated rings. The number of fused-ring (bicyclic) bond motifs is 1. The quantitative estimate of drug-likeness (QED) is 0.770. The zero-order valence-corrected chi connectivity index (χ0v) is 12.4. The van der Waals surface area contributed by atoms with E-state index in [0.717, 1.165) is 26.0 Å². The van der Waals surface area contributed by atoms with Gasteiger partial charge in [-0.15, -0.1) is 0 Å². The standard InChI is InChI=1S/C17H27NO/c1-3-6-16(18-12-4-2)10-9-14-7-5-8-15-11-13-19-17(14)15/h5,7-8,16,18H,3-4,6,9-13H2,1-2H3. The summed E-state index contributed by atoms with van der Waals surface area (Å²) in [6.07, 6.45) is 7.17. The molecule has 1 aliphatic heterocycles. The van der Waals surface area contributed by atoms with Crippen LogP contribution >= 0.6 is 0 Å². The SMILES string of the molecule is CCCNC(CCC)CCc1cccc2c1OCC2. The Kier molecular flexibility index (Phi) is 5.71. The van der Waals surface area contributed by atoms with Crippen LogP contribution in [-0.4, -0.2) is 19.2 Å². The summed E-state index contributed by atoms with van der Waals surface area (Å²) in [7, 11) is 0. The van der Waals surface area contributed by atoms with Gasteiger partial charge in [-0.25, -0.2) is 0 Å². The Bertz CT molecular complexity index is 389. The maximum Gasteiger partial charge on any atom is 0.125 e. The second kappa shape index (κ2) is 7.54. The predicted molar refractivity (Wildman–Crippen MR) is 81.0 cm³/mol. The van der Waals surface area contributed by atoms with E-state index in [0.29, 0.717) is 6.04 Å². The predicted octanol–water partition coefficient (Wildman–Crippen LogP) is 3.72. The van der Waals surface area contributed by atoms with Crippen LogP contribution in [0.2, 0.25) is 0 Å². The summed E-state index contributed by atoms with van der Waals surface area (Å²) < 4.78 is 5.78. The van der Waals surface area contributed by atoms with E-state index in [9.17, 15) is 0 Å².